The normalized spacial score (nSPS) is 10.6. The van der Waals surface area contributed by atoms with Gasteiger partial charge in [-0.1, -0.05) is 11.6 Å². The molecule has 0 amide bonds. The number of carbonyl (C=O) groups excluding carboxylic acids is 1. The number of hydrogen-bond acceptors (Lipinski definition) is 5. The van der Waals surface area contributed by atoms with Gasteiger partial charge in [-0.25, -0.2) is 4.79 Å². The number of ether oxygens (including phenoxy) is 1. The van der Waals surface area contributed by atoms with Crippen LogP contribution in [0.5, 0.6) is 0 Å². The second-order valence-electron chi connectivity index (χ2n) is 3.28. The highest BCUT2D eigenvalue weighted by Gasteiger charge is 2.14. The van der Waals surface area contributed by atoms with Crippen LogP contribution < -0.4 is 5.73 Å². The van der Waals surface area contributed by atoms with Gasteiger partial charge in [0.2, 0.25) is 0 Å². The smallest absolute Gasteiger partial charge is 0.330 e. The van der Waals surface area contributed by atoms with Gasteiger partial charge in [0.25, 0.3) is 5.69 Å². The van der Waals surface area contributed by atoms with Gasteiger partial charge in [-0.05, 0) is 19.1 Å². The Morgan fingerprint density at radius 3 is 2.83 bits per heavy atom. The lowest BCUT2D eigenvalue weighted by molar-refractivity contribution is -0.383. The lowest BCUT2D eigenvalue weighted by atomic mass is 10.1. The topological polar surface area (TPSA) is 95.5 Å². The summed E-state index contributed by atoms with van der Waals surface area (Å²) in [6, 6.07) is 2.47. The third kappa shape index (κ3) is 3.46. The molecule has 0 aliphatic rings. The van der Waals surface area contributed by atoms with Crippen molar-refractivity contribution in [3.05, 3.63) is 38.9 Å². The maximum atomic E-state index is 11.1. The fraction of sp³-hybridized carbons (Fsp3) is 0.182. The number of nitrogens with two attached hydrogens (primary N) is 1. The quantitative estimate of drug-likeness (QED) is 0.298. The first-order valence-electron chi connectivity index (χ1n) is 5.04. The lowest BCUT2D eigenvalue weighted by Gasteiger charge is -2.02. The van der Waals surface area contributed by atoms with Crippen LogP contribution in [0.3, 0.4) is 0 Å². The van der Waals surface area contributed by atoms with E-state index in [0.717, 1.165) is 6.08 Å². The summed E-state index contributed by atoms with van der Waals surface area (Å²) in [6.07, 6.45) is 2.48. The van der Waals surface area contributed by atoms with E-state index in [2.05, 4.69) is 4.74 Å². The van der Waals surface area contributed by atoms with Gasteiger partial charge in [-0.15, -0.1) is 0 Å². The minimum atomic E-state index is -0.618. The number of nitro groups is 1. The second-order valence-corrected chi connectivity index (χ2v) is 3.68. The molecule has 96 valence electrons. The molecule has 0 aromatic heterocycles. The van der Waals surface area contributed by atoms with Crippen molar-refractivity contribution in [2.45, 2.75) is 6.92 Å². The monoisotopic (exact) mass is 270 g/mol. The van der Waals surface area contributed by atoms with Crippen LogP contribution in [0.15, 0.2) is 18.2 Å². The summed E-state index contributed by atoms with van der Waals surface area (Å²) in [5, 5.41) is 10.9. The molecule has 0 aliphatic heterocycles. The molecule has 0 bridgehead atoms. The highest BCUT2D eigenvalue weighted by Crippen LogP contribution is 2.29. The highest BCUT2D eigenvalue weighted by molar-refractivity contribution is 6.32. The number of rotatable bonds is 4. The number of esters is 1. The zero-order valence-corrected chi connectivity index (χ0v) is 10.3. The van der Waals surface area contributed by atoms with E-state index in [1.165, 1.54) is 18.2 Å². The SMILES string of the molecule is CCOC(=O)C=Cc1cc([N+](=O)[O-])c(N)cc1Cl. The molecule has 0 atom stereocenters. The van der Waals surface area contributed by atoms with Crippen LogP contribution in [0, 0.1) is 10.1 Å². The van der Waals surface area contributed by atoms with Crippen molar-refractivity contribution in [2.24, 2.45) is 0 Å². The van der Waals surface area contributed by atoms with Crippen LogP contribution in [-0.4, -0.2) is 17.5 Å². The van der Waals surface area contributed by atoms with Crippen LogP contribution in [0.2, 0.25) is 5.02 Å². The molecule has 0 fully saturated rings. The maximum Gasteiger partial charge on any atom is 0.330 e. The van der Waals surface area contributed by atoms with E-state index in [0.29, 0.717) is 5.56 Å². The van der Waals surface area contributed by atoms with Crippen molar-refractivity contribution in [3.8, 4) is 0 Å². The Balaban J connectivity index is 3.06. The molecular formula is C11H11ClN2O4. The van der Waals surface area contributed by atoms with Crippen LogP contribution in [0.4, 0.5) is 11.4 Å². The molecule has 1 rings (SSSR count). The Bertz CT molecular complexity index is 514. The maximum absolute atomic E-state index is 11.1. The van der Waals surface area contributed by atoms with Crippen molar-refractivity contribution < 1.29 is 14.5 Å². The summed E-state index contributed by atoms with van der Waals surface area (Å²) in [6.45, 7) is 1.92. The largest absolute Gasteiger partial charge is 0.463 e. The molecule has 0 saturated carbocycles. The average Bonchev–Trinajstić information content (AvgIpc) is 2.27. The molecule has 1 aromatic carbocycles. The molecule has 6 nitrogen and oxygen atoms in total. The molecule has 0 radical (unpaired) electrons. The third-order valence-electron chi connectivity index (χ3n) is 2.03. The number of halogens is 1. The highest BCUT2D eigenvalue weighted by atomic mass is 35.5. The molecule has 0 unspecified atom stereocenters. The van der Waals surface area contributed by atoms with Crippen molar-refractivity contribution in [1.29, 1.82) is 0 Å². The van der Waals surface area contributed by atoms with Gasteiger partial charge in [0.05, 0.1) is 16.6 Å². The van der Waals surface area contributed by atoms with Crippen LogP contribution in [0.25, 0.3) is 6.08 Å². The van der Waals surface area contributed by atoms with E-state index in [4.69, 9.17) is 17.3 Å². The van der Waals surface area contributed by atoms with Gasteiger partial charge in [-0.3, -0.25) is 10.1 Å². The number of hydrogen-bond donors (Lipinski definition) is 1. The van der Waals surface area contributed by atoms with Crippen LogP contribution in [-0.2, 0) is 9.53 Å². The summed E-state index contributed by atoms with van der Waals surface area (Å²) < 4.78 is 4.68. The minimum absolute atomic E-state index is 0.0294. The van der Waals surface area contributed by atoms with Crippen molar-refractivity contribution in [2.75, 3.05) is 12.3 Å². The third-order valence-corrected chi connectivity index (χ3v) is 2.36. The number of nitrogen functional groups attached to an aromatic ring is 1. The molecular weight excluding hydrogens is 260 g/mol. The molecule has 18 heavy (non-hydrogen) atoms. The molecule has 7 heteroatoms. The van der Waals surface area contributed by atoms with Gasteiger partial charge in [0.1, 0.15) is 5.69 Å². The molecule has 2 N–H and O–H groups in total. The fourth-order valence-corrected chi connectivity index (χ4v) is 1.46. The molecule has 1 aromatic rings. The van der Waals surface area contributed by atoms with E-state index in [1.54, 1.807) is 6.92 Å². The average molecular weight is 271 g/mol. The van der Waals surface area contributed by atoms with E-state index in [9.17, 15) is 14.9 Å². The Hall–Kier alpha value is -2.08. The summed E-state index contributed by atoms with van der Waals surface area (Å²) >= 11 is 5.86. The number of nitrogens with zero attached hydrogens (tertiary/aromatic N) is 1. The van der Waals surface area contributed by atoms with Crippen LogP contribution >= 0.6 is 11.6 Å². The van der Waals surface area contributed by atoms with Crippen molar-refractivity contribution in [3.63, 3.8) is 0 Å². The number of nitro benzene ring substituents is 1. The first kappa shape index (κ1) is 14.0. The van der Waals surface area contributed by atoms with Gasteiger partial charge in [0.15, 0.2) is 0 Å². The minimum Gasteiger partial charge on any atom is -0.463 e. The van der Waals surface area contributed by atoms with Gasteiger partial charge in [0, 0.05) is 17.7 Å². The summed E-state index contributed by atoms with van der Waals surface area (Å²) in [5.41, 5.74) is 5.49. The Morgan fingerprint density at radius 1 is 1.61 bits per heavy atom. The Labute approximate surface area is 108 Å². The zero-order chi connectivity index (χ0) is 13.7. The zero-order valence-electron chi connectivity index (χ0n) is 9.55. The summed E-state index contributed by atoms with van der Waals surface area (Å²) in [4.78, 5) is 21.2. The Morgan fingerprint density at radius 2 is 2.28 bits per heavy atom. The predicted octanol–water partition coefficient (Wildman–Crippen LogP) is 2.41. The first-order valence-corrected chi connectivity index (χ1v) is 5.41. The standard InChI is InChI=1S/C11H11ClN2O4/c1-2-18-11(15)4-3-7-5-10(14(16)17)9(13)6-8(7)12/h3-6H,2,13H2,1H3. The molecule has 0 heterocycles. The predicted molar refractivity (Wildman–Crippen MR) is 68.2 cm³/mol. The van der Waals surface area contributed by atoms with E-state index in [1.807, 2.05) is 0 Å². The Kier molecular flexibility index (Phi) is 4.67. The van der Waals surface area contributed by atoms with Crippen molar-refractivity contribution in [1.82, 2.24) is 0 Å². The molecule has 0 spiro atoms. The molecule has 0 saturated heterocycles. The van der Waals surface area contributed by atoms with Gasteiger partial charge < -0.3 is 10.5 Å². The fourth-order valence-electron chi connectivity index (χ4n) is 1.23. The second kappa shape index (κ2) is 6.02. The number of carbonyl (C=O) groups is 1. The van der Waals surface area contributed by atoms with E-state index < -0.39 is 10.9 Å². The van der Waals surface area contributed by atoms with Gasteiger partial charge >= 0.3 is 5.97 Å². The van der Waals surface area contributed by atoms with Gasteiger partial charge in [-0.2, -0.15) is 0 Å². The lowest BCUT2D eigenvalue weighted by Crippen LogP contribution is -1.99. The summed E-state index contributed by atoms with van der Waals surface area (Å²) in [7, 11) is 0. The summed E-state index contributed by atoms with van der Waals surface area (Å²) in [5.74, 6) is -0.548. The first-order chi connectivity index (χ1) is 8.45. The van der Waals surface area contributed by atoms with Crippen molar-refractivity contribution >= 4 is 35.0 Å². The number of anilines is 1. The van der Waals surface area contributed by atoms with E-state index >= 15 is 0 Å². The van der Waals surface area contributed by atoms with E-state index in [-0.39, 0.29) is 23.0 Å². The number of benzene rings is 1. The van der Waals surface area contributed by atoms with Crippen LogP contribution in [0.1, 0.15) is 12.5 Å². The molecule has 0 aliphatic carbocycles.